The standard InChI is InChI=1S/C13H20F3N3/c1-10-3-2-4-12(7-10)17-5-6-19-9-11(8-18-19)13(14,15)16/h8-10,12,17H,2-7H2,1H3. The Labute approximate surface area is 111 Å². The zero-order valence-electron chi connectivity index (χ0n) is 11.1. The Balaban J connectivity index is 1.75. The summed E-state index contributed by atoms with van der Waals surface area (Å²) in [4.78, 5) is 0. The molecule has 0 bridgehead atoms. The van der Waals surface area contributed by atoms with Gasteiger partial charge in [-0.2, -0.15) is 18.3 Å². The summed E-state index contributed by atoms with van der Waals surface area (Å²) in [6, 6.07) is 0.501. The zero-order chi connectivity index (χ0) is 13.9. The van der Waals surface area contributed by atoms with E-state index in [1.165, 1.54) is 17.5 Å². The Morgan fingerprint density at radius 2 is 2.21 bits per heavy atom. The molecule has 2 unspecified atom stereocenters. The second kappa shape index (κ2) is 5.94. The van der Waals surface area contributed by atoms with Gasteiger partial charge in [-0.3, -0.25) is 4.68 Å². The fourth-order valence-electron chi connectivity index (χ4n) is 2.63. The van der Waals surface area contributed by atoms with Gasteiger partial charge in [-0.15, -0.1) is 0 Å². The number of alkyl halides is 3. The predicted molar refractivity (Wildman–Crippen MR) is 66.7 cm³/mol. The highest BCUT2D eigenvalue weighted by molar-refractivity contribution is 5.08. The minimum absolute atomic E-state index is 0.473. The zero-order valence-corrected chi connectivity index (χ0v) is 11.1. The molecule has 1 fully saturated rings. The smallest absolute Gasteiger partial charge is 0.312 e. The number of nitrogens with zero attached hydrogens (tertiary/aromatic N) is 2. The fraction of sp³-hybridized carbons (Fsp3) is 0.769. The van der Waals surface area contributed by atoms with Crippen LogP contribution in [0, 0.1) is 5.92 Å². The lowest BCUT2D eigenvalue weighted by atomic mass is 9.87. The first-order valence-electron chi connectivity index (χ1n) is 6.78. The Morgan fingerprint density at radius 1 is 1.42 bits per heavy atom. The minimum Gasteiger partial charge on any atom is -0.312 e. The number of halogens is 3. The van der Waals surface area contributed by atoms with Crippen LogP contribution in [0.2, 0.25) is 0 Å². The van der Waals surface area contributed by atoms with Gasteiger partial charge in [-0.05, 0) is 18.8 Å². The molecule has 19 heavy (non-hydrogen) atoms. The molecule has 0 aliphatic heterocycles. The van der Waals surface area contributed by atoms with E-state index < -0.39 is 11.7 Å². The summed E-state index contributed by atoms with van der Waals surface area (Å²) in [5.74, 6) is 0.743. The summed E-state index contributed by atoms with van der Waals surface area (Å²) in [6.45, 7) is 3.38. The number of hydrogen-bond acceptors (Lipinski definition) is 2. The van der Waals surface area contributed by atoms with Crippen molar-refractivity contribution in [3.8, 4) is 0 Å². The normalized spacial score (nSPS) is 24.6. The average molecular weight is 275 g/mol. The largest absolute Gasteiger partial charge is 0.419 e. The van der Waals surface area contributed by atoms with Crippen molar-refractivity contribution in [2.24, 2.45) is 5.92 Å². The van der Waals surface area contributed by atoms with E-state index in [0.29, 0.717) is 19.1 Å². The summed E-state index contributed by atoms with van der Waals surface area (Å²) in [7, 11) is 0. The highest BCUT2D eigenvalue weighted by atomic mass is 19.4. The van der Waals surface area contributed by atoms with Gasteiger partial charge in [0.1, 0.15) is 0 Å². The molecule has 3 nitrogen and oxygen atoms in total. The number of hydrogen-bond donors (Lipinski definition) is 1. The molecule has 1 heterocycles. The van der Waals surface area contributed by atoms with E-state index >= 15 is 0 Å². The van der Waals surface area contributed by atoms with E-state index in [-0.39, 0.29) is 0 Å². The Bertz CT molecular complexity index is 400. The first-order valence-corrected chi connectivity index (χ1v) is 6.78. The summed E-state index contributed by atoms with van der Waals surface area (Å²) in [6.07, 6.45) is 2.48. The molecule has 0 aromatic carbocycles. The molecule has 108 valence electrons. The third kappa shape index (κ3) is 4.23. The van der Waals surface area contributed by atoms with Crippen LogP contribution in [0.5, 0.6) is 0 Å². The molecule has 1 aromatic rings. The van der Waals surface area contributed by atoms with Gasteiger partial charge in [0.05, 0.1) is 18.3 Å². The van der Waals surface area contributed by atoms with Gasteiger partial charge >= 0.3 is 6.18 Å². The van der Waals surface area contributed by atoms with Gasteiger partial charge in [-0.1, -0.05) is 19.8 Å². The van der Waals surface area contributed by atoms with Crippen LogP contribution in [0.3, 0.4) is 0 Å². The Hall–Kier alpha value is -1.04. The van der Waals surface area contributed by atoms with Crippen LogP contribution >= 0.6 is 0 Å². The van der Waals surface area contributed by atoms with Crippen LogP contribution < -0.4 is 5.32 Å². The molecule has 2 atom stereocenters. The predicted octanol–water partition coefficient (Wildman–Crippen LogP) is 3.07. The summed E-state index contributed by atoms with van der Waals surface area (Å²) < 4.78 is 38.5. The van der Waals surface area contributed by atoms with E-state index in [9.17, 15) is 13.2 Å². The molecule has 1 aromatic heterocycles. The van der Waals surface area contributed by atoms with Crippen molar-refractivity contribution >= 4 is 0 Å². The SMILES string of the molecule is CC1CCCC(NCCn2cc(C(F)(F)F)cn2)C1. The highest BCUT2D eigenvalue weighted by Gasteiger charge is 2.32. The highest BCUT2D eigenvalue weighted by Crippen LogP contribution is 2.28. The van der Waals surface area contributed by atoms with Gasteiger partial charge in [0.25, 0.3) is 0 Å². The van der Waals surface area contributed by atoms with Gasteiger partial charge in [-0.25, -0.2) is 0 Å². The topological polar surface area (TPSA) is 29.9 Å². The van der Waals surface area contributed by atoms with Gasteiger partial charge in [0.15, 0.2) is 0 Å². The molecule has 0 radical (unpaired) electrons. The molecule has 0 amide bonds. The monoisotopic (exact) mass is 275 g/mol. The molecule has 0 spiro atoms. The molecule has 2 rings (SSSR count). The molecular weight excluding hydrogens is 255 g/mol. The molecule has 1 saturated carbocycles. The van der Waals surface area contributed by atoms with Gasteiger partial charge < -0.3 is 5.32 Å². The maximum atomic E-state index is 12.4. The third-order valence-corrected chi connectivity index (χ3v) is 3.67. The van der Waals surface area contributed by atoms with Crippen LogP contribution in [0.15, 0.2) is 12.4 Å². The second-order valence-electron chi connectivity index (χ2n) is 5.41. The Morgan fingerprint density at radius 3 is 2.84 bits per heavy atom. The lowest BCUT2D eigenvalue weighted by Crippen LogP contribution is -2.35. The summed E-state index contributed by atoms with van der Waals surface area (Å²) in [5.41, 5.74) is -0.682. The van der Waals surface area contributed by atoms with Crippen LogP contribution in [0.4, 0.5) is 13.2 Å². The van der Waals surface area contributed by atoms with E-state index in [1.54, 1.807) is 0 Å². The molecule has 1 aliphatic carbocycles. The van der Waals surface area contributed by atoms with Crippen LogP contribution in [0.25, 0.3) is 0 Å². The van der Waals surface area contributed by atoms with Crippen molar-refractivity contribution in [1.82, 2.24) is 15.1 Å². The molecule has 0 saturated heterocycles. The van der Waals surface area contributed by atoms with Crippen LogP contribution in [-0.2, 0) is 12.7 Å². The van der Waals surface area contributed by atoms with Crippen molar-refractivity contribution in [3.63, 3.8) is 0 Å². The van der Waals surface area contributed by atoms with Crippen LogP contribution in [-0.4, -0.2) is 22.4 Å². The number of rotatable bonds is 4. The lowest BCUT2D eigenvalue weighted by molar-refractivity contribution is -0.137. The summed E-state index contributed by atoms with van der Waals surface area (Å²) in [5, 5.41) is 7.14. The molecular formula is C13H20F3N3. The van der Waals surface area contributed by atoms with Crippen molar-refractivity contribution in [2.75, 3.05) is 6.54 Å². The lowest BCUT2D eigenvalue weighted by Gasteiger charge is -2.27. The number of nitrogens with one attached hydrogen (secondary N) is 1. The molecule has 1 N–H and O–H groups in total. The average Bonchev–Trinajstić information content (AvgIpc) is 2.77. The van der Waals surface area contributed by atoms with Crippen molar-refractivity contribution in [1.29, 1.82) is 0 Å². The van der Waals surface area contributed by atoms with Crippen molar-refractivity contribution in [3.05, 3.63) is 18.0 Å². The first-order chi connectivity index (χ1) is 8.95. The first kappa shape index (κ1) is 14.4. The minimum atomic E-state index is -4.30. The van der Waals surface area contributed by atoms with Gasteiger partial charge in [0.2, 0.25) is 0 Å². The fourth-order valence-corrected chi connectivity index (χ4v) is 2.63. The van der Waals surface area contributed by atoms with E-state index in [0.717, 1.165) is 31.2 Å². The number of aromatic nitrogens is 2. The molecule has 6 heteroatoms. The van der Waals surface area contributed by atoms with E-state index in [1.807, 2.05) is 0 Å². The van der Waals surface area contributed by atoms with E-state index in [4.69, 9.17) is 0 Å². The van der Waals surface area contributed by atoms with E-state index in [2.05, 4.69) is 17.3 Å². The Kier molecular flexibility index (Phi) is 4.50. The quantitative estimate of drug-likeness (QED) is 0.915. The maximum Gasteiger partial charge on any atom is 0.419 e. The summed E-state index contributed by atoms with van der Waals surface area (Å²) >= 11 is 0. The van der Waals surface area contributed by atoms with Crippen molar-refractivity contribution in [2.45, 2.75) is 51.4 Å². The third-order valence-electron chi connectivity index (χ3n) is 3.67. The van der Waals surface area contributed by atoms with Gasteiger partial charge in [0, 0.05) is 18.8 Å². The maximum absolute atomic E-state index is 12.4. The molecule has 1 aliphatic rings. The second-order valence-corrected chi connectivity index (χ2v) is 5.41. The van der Waals surface area contributed by atoms with Crippen molar-refractivity contribution < 1.29 is 13.2 Å². The van der Waals surface area contributed by atoms with Crippen LogP contribution in [0.1, 0.15) is 38.2 Å².